The summed E-state index contributed by atoms with van der Waals surface area (Å²) in [6.45, 7) is 1.76. The summed E-state index contributed by atoms with van der Waals surface area (Å²) >= 11 is 13.3. The lowest BCUT2D eigenvalue weighted by molar-refractivity contribution is -0.115. The average Bonchev–Trinajstić information content (AvgIpc) is 2.45. The molecular formula is C15H12Cl2FNOS. The van der Waals surface area contributed by atoms with Crippen LogP contribution >= 0.6 is 35.0 Å². The molecule has 21 heavy (non-hydrogen) atoms. The van der Waals surface area contributed by atoms with Gasteiger partial charge in [0.05, 0.1) is 10.3 Å². The maximum atomic E-state index is 12.8. The molecule has 0 aliphatic carbocycles. The first-order valence-electron chi connectivity index (χ1n) is 6.14. The van der Waals surface area contributed by atoms with Crippen LogP contribution in [0.2, 0.25) is 10.0 Å². The second-order valence-electron chi connectivity index (χ2n) is 4.33. The highest BCUT2D eigenvalue weighted by atomic mass is 35.5. The minimum atomic E-state index is -0.369. The first kappa shape index (κ1) is 16.1. The van der Waals surface area contributed by atoms with Crippen LogP contribution in [0.25, 0.3) is 0 Å². The molecule has 0 saturated carbocycles. The SMILES string of the molecule is C[C@@H](Sc1cc(Cl)ccc1Cl)C(=O)Nc1ccc(F)cc1. The summed E-state index contributed by atoms with van der Waals surface area (Å²) in [4.78, 5) is 12.8. The van der Waals surface area contributed by atoms with E-state index in [4.69, 9.17) is 23.2 Å². The summed E-state index contributed by atoms with van der Waals surface area (Å²) in [6, 6.07) is 10.7. The molecule has 2 rings (SSSR count). The van der Waals surface area contributed by atoms with Crippen LogP contribution in [0.1, 0.15) is 6.92 Å². The molecule has 6 heteroatoms. The minimum absolute atomic E-state index is 0.192. The van der Waals surface area contributed by atoms with Gasteiger partial charge in [0.1, 0.15) is 5.82 Å². The van der Waals surface area contributed by atoms with Crippen molar-refractivity contribution in [3.05, 3.63) is 58.3 Å². The van der Waals surface area contributed by atoms with Crippen LogP contribution in [0, 0.1) is 5.82 Å². The van der Waals surface area contributed by atoms with Gasteiger partial charge in [0, 0.05) is 15.6 Å². The summed E-state index contributed by atoms with van der Waals surface area (Å²) in [6.07, 6.45) is 0. The van der Waals surface area contributed by atoms with Crippen LogP contribution in [-0.4, -0.2) is 11.2 Å². The highest BCUT2D eigenvalue weighted by molar-refractivity contribution is 8.00. The molecule has 0 unspecified atom stereocenters. The first-order valence-corrected chi connectivity index (χ1v) is 7.77. The molecule has 1 atom stereocenters. The number of hydrogen-bond acceptors (Lipinski definition) is 2. The first-order chi connectivity index (χ1) is 9.95. The highest BCUT2D eigenvalue weighted by Gasteiger charge is 2.16. The van der Waals surface area contributed by atoms with Crippen molar-refractivity contribution in [2.75, 3.05) is 5.32 Å². The van der Waals surface area contributed by atoms with Gasteiger partial charge in [-0.25, -0.2) is 4.39 Å². The summed E-state index contributed by atoms with van der Waals surface area (Å²) < 4.78 is 12.8. The zero-order valence-electron chi connectivity index (χ0n) is 11.1. The van der Waals surface area contributed by atoms with Crippen molar-refractivity contribution in [2.45, 2.75) is 17.1 Å². The fourth-order valence-electron chi connectivity index (χ4n) is 1.59. The number of carbonyl (C=O) groups is 1. The molecule has 1 amide bonds. The van der Waals surface area contributed by atoms with Crippen LogP contribution in [-0.2, 0) is 4.79 Å². The lowest BCUT2D eigenvalue weighted by atomic mass is 10.3. The Kier molecular flexibility index (Phi) is 5.51. The van der Waals surface area contributed by atoms with Crippen LogP contribution in [0.3, 0.4) is 0 Å². The van der Waals surface area contributed by atoms with Crippen LogP contribution in [0.4, 0.5) is 10.1 Å². The smallest absolute Gasteiger partial charge is 0.237 e. The molecule has 0 aliphatic heterocycles. The second kappa shape index (κ2) is 7.16. The fraction of sp³-hybridized carbons (Fsp3) is 0.133. The highest BCUT2D eigenvalue weighted by Crippen LogP contribution is 2.33. The predicted molar refractivity (Wildman–Crippen MR) is 86.8 cm³/mol. The van der Waals surface area contributed by atoms with Gasteiger partial charge < -0.3 is 5.32 Å². The Morgan fingerprint density at radius 2 is 1.86 bits per heavy atom. The Morgan fingerprint density at radius 3 is 2.52 bits per heavy atom. The molecule has 1 N–H and O–H groups in total. The zero-order chi connectivity index (χ0) is 15.4. The molecule has 0 radical (unpaired) electrons. The minimum Gasteiger partial charge on any atom is -0.325 e. The van der Waals surface area contributed by atoms with Crippen LogP contribution < -0.4 is 5.32 Å². The molecule has 0 saturated heterocycles. The molecule has 0 aliphatic rings. The summed E-state index contributed by atoms with van der Waals surface area (Å²) in [5, 5.41) is 3.46. The standard InChI is InChI=1S/C15H12Cl2FNOS/c1-9(21-14-8-10(16)2-7-13(14)17)15(20)19-12-5-3-11(18)4-6-12/h2-9H,1H3,(H,19,20)/t9-/m1/s1. The zero-order valence-corrected chi connectivity index (χ0v) is 13.4. The third-order valence-electron chi connectivity index (χ3n) is 2.68. The van der Waals surface area contributed by atoms with E-state index in [0.29, 0.717) is 15.7 Å². The molecule has 0 spiro atoms. The molecule has 2 nitrogen and oxygen atoms in total. The maximum absolute atomic E-state index is 12.8. The summed E-state index contributed by atoms with van der Waals surface area (Å²) in [7, 11) is 0. The Hall–Kier alpha value is -1.23. The molecule has 2 aromatic carbocycles. The van der Waals surface area contributed by atoms with Gasteiger partial charge in [0.15, 0.2) is 0 Å². The number of hydrogen-bond donors (Lipinski definition) is 1. The van der Waals surface area contributed by atoms with E-state index in [0.717, 1.165) is 4.90 Å². The van der Waals surface area contributed by atoms with E-state index in [1.54, 1.807) is 25.1 Å². The maximum Gasteiger partial charge on any atom is 0.237 e. The van der Waals surface area contributed by atoms with Crippen LogP contribution in [0.15, 0.2) is 47.4 Å². The van der Waals surface area contributed by atoms with E-state index in [2.05, 4.69) is 5.32 Å². The van der Waals surface area contributed by atoms with E-state index in [1.807, 2.05) is 0 Å². The number of nitrogens with one attached hydrogen (secondary N) is 1. The molecule has 2 aromatic rings. The van der Waals surface area contributed by atoms with Crippen molar-refractivity contribution in [1.82, 2.24) is 0 Å². The van der Waals surface area contributed by atoms with E-state index < -0.39 is 0 Å². The van der Waals surface area contributed by atoms with Gasteiger partial charge in [-0.15, -0.1) is 11.8 Å². The fourth-order valence-corrected chi connectivity index (χ4v) is 3.00. The Labute approximate surface area is 136 Å². The number of thioether (sulfide) groups is 1. The monoisotopic (exact) mass is 343 g/mol. The molecule has 0 heterocycles. The Morgan fingerprint density at radius 1 is 1.19 bits per heavy atom. The van der Waals surface area contributed by atoms with E-state index in [9.17, 15) is 9.18 Å². The van der Waals surface area contributed by atoms with Crippen molar-refractivity contribution in [2.24, 2.45) is 0 Å². The van der Waals surface area contributed by atoms with E-state index >= 15 is 0 Å². The molecule has 110 valence electrons. The van der Waals surface area contributed by atoms with Gasteiger partial charge in [-0.3, -0.25) is 4.79 Å². The third kappa shape index (κ3) is 4.63. The van der Waals surface area contributed by atoms with E-state index in [1.165, 1.54) is 36.0 Å². The lowest BCUT2D eigenvalue weighted by Crippen LogP contribution is -2.22. The second-order valence-corrected chi connectivity index (χ2v) is 6.56. The number of carbonyl (C=O) groups excluding carboxylic acids is 1. The summed E-state index contributed by atoms with van der Waals surface area (Å²) in [5.74, 6) is -0.538. The normalized spacial score (nSPS) is 12.0. The molecule has 0 aromatic heterocycles. The summed E-state index contributed by atoms with van der Waals surface area (Å²) in [5.41, 5.74) is 0.547. The number of rotatable bonds is 4. The topological polar surface area (TPSA) is 29.1 Å². The Bertz CT molecular complexity index is 649. The average molecular weight is 344 g/mol. The van der Waals surface area contributed by atoms with Crippen molar-refractivity contribution < 1.29 is 9.18 Å². The molecule has 0 bridgehead atoms. The Balaban J connectivity index is 2.02. The van der Waals surface area contributed by atoms with Crippen molar-refractivity contribution in [3.8, 4) is 0 Å². The largest absolute Gasteiger partial charge is 0.325 e. The van der Waals surface area contributed by atoms with Gasteiger partial charge in [-0.1, -0.05) is 23.2 Å². The van der Waals surface area contributed by atoms with Gasteiger partial charge in [-0.2, -0.15) is 0 Å². The van der Waals surface area contributed by atoms with Gasteiger partial charge in [0.2, 0.25) is 5.91 Å². The number of benzene rings is 2. The van der Waals surface area contributed by atoms with Crippen molar-refractivity contribution in [3.63, 3.8) is 0 Å². The van der Waals surface area contributed by atoms with Gasteiger partial charge in [-0.05, 0) is 49.4 Å². The number of amides is 1. The molecular weight excluding hydrogens is 332 g/mol. The van der Waals surface area contributed by atoms with E-state index in [-0.39, 0.29) is 17.0 Å². The number of halogens is 3. The lowest BCUT2D eigenvalue weighted by Gasteiger charge is -2.13. The van der Waals surface area contributed by atoms with Gasteiger partial charge >= 0.3 is 0 Å². The van der Waals surface area contributed by atoms with Crippen LogP contribution in [0.5, 0.6) is 0 Å². The predicted octanol–water partition coefficient (Wildman–Crippen LogP) is 5.25. The van der Waals surface area contributed by atoms with Gasteiger partial charge in [0.25, 0.3) is 0 Å². The molecule has 0 fully saturated rings. The third-order valence-corrected chi connectivity index (χ3v) is 4.51. The van der Waals surface area contributed by atoms with Crippen molar-refractivity contribution >= 4 is 46.6 Å². The quantitative estimate of drug-likeness (QED) is 0.768. The van der Waals surface area contributed by atoms with Crippen molar-refractivity contribution in [1.29, 1.82) is 0 Å². The number of anilines is 1.